The van der Waals surface area contributed by atoms with Gasteiger partial charge in [0.1, 0.15) is 0 Å². The molecule has 0 amide bonds. The maximum Gasteiger partial charge on any atom is 0.0987 e. The van der Waals surface area contributed by atoms with E-state index in [1.807, 2.05) is 47.3 Å². The zero-order chi connectivity index (χ0) is 20.8. The zero-order valence-corrected chi connectivity index (χ0v) is 17.2. The predicted octanol–water partition coefficient (Wildman–Crippen LogP) is 4.25. The predicted molar refractivity (Wildman–Crippen MR) is 116 cm³/mol. The fraction of sp³-hybridized carbons (Fsp3) is 0.360. The molecule has 0 bridgehead atoms. The first-order chi connectivity index (χ1) is 14.6. The van der Waals surface area contributed by atoms with Gasteiger partial charge in [0.15, 0.2) is 0 Å². The molecule has 2 aliphatic rings. The standard InChI is InChI=1S/C25H27N3O2/c1-2-24-15-18-17-27-28(20-8-4-3-5-9-20)22(18)14-19(24)11-12-25(24,30)16-23(29)21-10-6-7-13-26-21/h3-10,13-14,17,23,29-30H,2,11-12,15-16H2,1H3. The largest absolute Gasteiger partial charge is 0.389 e. The highest BCUT2D eigenvalue weighted by molar-refractivity contribution is 5.63. The van der Waals surface area contributed by atoms with Crippen LogP contribution in [-0.2, 0) is 6.42 Å². The Kier molecular flexibility index (Phi) is 4.60. The smallest absolute Gasteiger partial charge is 0.0987 e. The van der Waals surface area contributed by atoms with Crippen LogP contribution in [0.5, 0.6) is 0 Å². The van der Waals surface area contributed by atoms with Crippen molar-refractivity contribution in [2.75, 3.05) is 0 Å². The van der Waals surface area contributed by atoms with Crippen LogP contribution in [0.1, 0.15) is 55.7 Å². The van der Waals surface area contributed by atoms with Crippen molar-refractivity contribution in [3.05, 3.63) is 83.4 Å². The van der Waals surface area contributed by atoms with Gasteiger partial charge >= 0.3 is 0 Å². The normalized spacial score (nSPS) is 26.0. The number of aliphatic hydroxyl groups excluding tert-OH is 1. The summed E-state index contributed by atoms with van der Waals surface area (Å²) in [7, 11) is 0. The van der Waals surface area contributed by atoms with E-state index >= 15 is 0 Å². The van der Waals surface area contributed by atoms with Gasteiger partial charge in [0, 0.05) is 18.0 Å². The number of hydrogen-bond acceptors (Lipinski definition) is 4. The van der Waals surface area contributed by atoms with Crippen LogP contribution >= 0.6 is 0 Å². The Morgan fingerprint density at radius 3 is 2.67 bits per heavy atom. The Bertz CT molecular complexity index is 1080. The molecule has 0 radical (unpaired) electrons. The number of benzene rings is 1. The average molecular weight is 402 g/mol. The molecule has 1 fully saturated rings. The van der Waals surface area contributed by atoms with Crippen LogP contribution in [0.3, 0.4) is 0 Å². The van der Waals surface area contributed by atoms with Gasteiger partial charge in [0.2, 0.25) is 0 Å². The Morgan fingerprint density at radius 2 is 1.93 bits per heavy atom. The number of fused-ring (bicyclic) bond motifs is 2. The number of rotatable bonds is 5. The summed E-state index contributed by atoms with van der Waals surface area (Å²) >= 11 is 0. The van der Waals surface area contributed by atoms with Crippen LogP contribution in [0.25, 0.3) is 11.8 Å². The third-order valence-electron chi connectivity index (χ3n) is 7.17. The number of nitrogens with zero attached hydrogens (tertiary/aromatic N) is 3. The van der Waals surface area contributed by atoms with E-state index in [2.05, 4.69) is 35.2 Å². The van der Waals surface area contributed by atoms with E-state index in [-0.39, 0.29) is 11.8 Å². The van der Waals surface area contributed by atoms with Gasteiger partial charge in [0.25, 0.3) is 0 Å². The van der Waals surface area contributed by atoms with E-state index in [0.29, 0.717) is 12.1 Å². The van der Waals surface area contributed by atoms with Crippen molar-refractivity contribution in [1.29, 1.82) is 0 Å². The molecule has 30 heavy (non-hydrogen) atoms. The van der Waals surface area contributed by atoms with Crippen LogP contribution in [0.15, 0.2) is 66.5 Å². The minimum Gasteiger partial charge on any atom is -0.389 e. The number of aliphatic hydroxyl groups is 2. The second-order valence-electron chi connectivity index (χ2n) is 8.59. The molecule has 1 saturated carbocycles. The third-order valence-corrected chi connectivity index (χ3v) is 7.17. The molecule has 1 aromatic carbocycles. The Balaban J connectivity index is 1.51. The van der Waals surface area contributed by atoms with Crippen molar-refractivity contribution in [2.24, 2.45) is 5.41 Å². The Hall–Kier alpha value is -2.76. The third kappa shape index (κ3) is 2.84. The van der Waals surface area contributed by atoms with Crippen LogP contribution in [0, 0.1) is 5.41 Å². The lowest BCUT2D eigenvalue weighted by Crippen LogP contribution is -2.48. The van der Waals surface area contributed by atoms with Gasteiger partial charge in [-0.3, -0.25) is 4.98 Å². The molecule has 0 aliphatic heterocycles. The van der Waals surface area contributed by atoms with E-state index in [1.165, 1.54) is 5.57 Å². The fourth-order valence-corrected chi connectivity index (χ4v) is 5.53. The minimum absolute atomic E-state index is 0.289. The molecule has 5 heteroatoms. The molecule has 5 nitrogen and oxygen atoms in total. The summed E-state index contributed by atoms with van der Waals surface area (Å²) in [5.74, 6) is 0. The topological polar surface area (TPSA) is 71.2 Å². The van der Waals surface area contributed by atoms with E-state index in [9.17, 15) is 10.2 Å². The monoisotopic (exact) mass is 401 g/mol. The van der Waals surface area contributed by atoms with Crippen LogP contribution < -0.4 is 0 Å². The van der Waals surface area contributed by atoms with Gasteiger partial charge in [-0.25, -0.2) is 4.68 Å². The maximum absolute atomic E-state index is 11.9. The SMILES string of the molecule is CCC12Cc3cnn(-c4ccccc4)c3C=C1CCC2(O)CC(O)c1ccccn1. The van der Waals surface area contributed by atoms with Crippen LogP contribution in [0.2, 0.25) is 0 Å². The second-order valence-corrected chi connectivity index (χ2v) is 8.59. The number of aromatic nitrogens is 3. The summed E-state index contributed by atoms with van der Waals surface area (Å²) in [6.45, 7) is 2.14. The molecular formula is C25H27N3O2. The van der Waals surface area contributed by atoms with Gasteiger partial charge < -0.3 is 10.2 Å². The van der Waals surface area contributed by atoms with Crippen molar-refractivity contribution < 1.29 is 10.2 Å². The molecule has 2 aliphatic carbocycles. The lowest BCUT2D eigenvalue weighted by Gasteiger charge is -2.45. The molecule has 2 heterocycles. The molecule has 154 valence electrons. The summed E-state index contributed by atoms with van der Waals surface area (Å²) in [6, 6.07) is 15.7. The summed E-state index contributed by atoms with van der Waals surface area (Å²) in [5, 5.41) is 27.3. The first-order valence-corrected chi connectivity index (χ1v) is 10.7. The van der Waals surface area contributed by atoms with Crippen LogP contribution in [-0.4, -0.2) is 30.6 Å². The van der Waals surface area contributed by atoms with E-state index in [1.54, 1.807) is 6.20 Å². The van der Waals surface area contributed by atoms with Crippen molar-refractivity contribution in [1.82, 2.24) is 14.8 Å². The van der Waals surface area contributed by atoms with Crippen molar-refractivity contribution in [3.8, 4) is 5.69 Å². The lowest BCUT2D eigenvalue weighted by atomic mass is 9.62. The minimum atomic E-state index is -0.975. The highest BCUT2D eigenvalue weighted by Crippen LogP contribution is 2.59. The molecule has 3 atom stereocenters. The summed E-state index contributed by atoms with van der Waals surface area (Å²) in [6.07, 6.45) is 8.39. The molecule has 5 rings (SSSR count). The number of para-hydroxylation sites is 1. The zero-order valence-electron chi connectivity index (χ0n) is 17.2. The molecule has 0 spiro atoms. The van der Waals surface area contributed by atoms with Crippen molar-refractivity contribution >= 4 is 6.08 Å². The van der Waals surface area contributed by atoms with Gasteiger partial charge in [-0.05, 0) is 61.6 Å². The highest BCUT2D eigenvalue weighted by atomic mass is 16.3. The first-order valence-electron chi connectivity index (χ1n) is 10.7. The number of hydrogen-bond donors (Lipinski definition) is 2. The average Bonchev–Trinajstić information content (AvgIpc) is 3.32. The molecule has 0 saturated heterocycles. The molecule has 3 unspecified atom stereocenters. The van der Waals surface area contributed by atoms with Crippen molar-refractivity contribution in [2.45, 2.75) is 50.7 Å². The Labute approximate surface area is 176 Å². The number of pyridine rings is 1. The Morgan fingerprint density at radius 1 is 1.13 bits per heavy atom. The van der Waals surface area contributed by atoms with Gasteiger partial charge in [-0.15, -0.1) is 0 Å². The van der Waals surface area contributed by atoms with E-state index in [4.69, 9.17) is 0 Å². The summed E-state index contributed by atoms with van der Waals surface area (Å²) < 4.78 is 1.99. The molecule has 2 N–H and O–H groups in total. The summed E-state index contributed by atoms with van der Waals surface area (Å²) in [4.78, 5) is 4.29. The van der Waals surface area contributed by atoms with Gasteiger partial charge in [-0.2, -0.15) is 5.10 Å². The lowest BCUT2D eigenvalue weighted by molar-refractivity contribution is -0.0834. The molecule has 3 aromatic rings. The first kappa shape index (κ1) is 19.2. The van der Waals surface area contributed by atoms with Gasteiger partial charge in [-0.1, -0.05) is 36.8 Å². The second kappa shape index (κ2) is 7.18. The quantitative estimate of drug-likeness (QED) is 0.670. The highest BCUT2D eigenvalue weighted by Gasteiger charge is 2.57. The van der Waals surface area contributed by atoms with E-state index in [0.717, 1.165) is 36.2 Å². The summed E-state index contributed by atoms with van der Waals surface area (Å²) in [5.41, 5.74) is 3.83. The molecular weight excluding hydrogens is 374 g/mol. The van der Waals surface area contributed by atoms with E-state index < -0.39 is 11.7 Å². The van der Waals surface area contributed by atoms with Crippen molar-refractivity contribution in [3.63, 3.8) is 0 Å². The maximum atomic E-state index is 11.9. The van der Waals surface area contributed by atoms with Gasteiger partial charge in [0.05, 0.1) is 35.0 Å². The fourth-order valence-electron chi connectivity index (χ4n) is 5.53. The van der Waals surface area contributed by atoms with Crippen LogP contribution in [0.4, 0.5) is 0 Å². The molecule has 2 aromatic heterocycles.